The average molecular weight is 352 g/mol. The van der Waals surface area contributed by atoms with E-state index in [1.165, 1.54) is 33.6 Å². The number of hydrogen-bond acceptors (Lipinski definition) is 3. The Morgan fingerprint density at radius 3 is 2.70 bits per heavy atom. The van der Waals surface area contributed by atoms with Gasteiger partial charge in [0.25, 0.3) is 0 Å². The lowest BCUT2D eigenvalue weighted by Crippen LogP contribution is -2.22. The van der Waals surface area contributed by atoms with Gasteiger partial charge in [-0.05, 0) is 65.1 Å². The number of ether oxygens (including phenoxy) is 1. The fourth-order valence-electron chi connectivity index (χ4n) is 2.86. The monoisotopic (exact) mass is 351 g/mol. The van der Waals surface area contributed by atoms with Crippen molar-refractivity contribution in [2.24, 2.45) is 0 Å². The lowest BCUT2D eigenvalue weighted by Gasteiger charge is -2.24. The largest absolute Gasteiger partial charge is 0.497 e. The van der Waals surface area contributed by atoms with E-state index < -0.39 is 0 Å². The van der Waals surface area contributed by atoms with E-state index in [0.29, 0.717) is 6.04 Å². The van der Waals surface area contributed by atoms with E-state index >= 15 is 0 Å². The molecule has 106 valence electrons. The molecule has 0 saturated carbocycles. The van der Waals surface area contributed by atoms with Crippen LogP contribution in [-0.2, 0) is 6.54 Å². The molecule has 1 aromatic carbocycles. The van der Waals surface area contributed by atoms with Gasteiger partial charge in [0.05, 0.1) is 10.9 Å². The highest BCUT2D eigenvalue weighted by molar-refractivity contribution is 9.11. The second-order valence-corrected chi connectivity index (χ2v) is 7.66. The summed E-state index contributed by atoms with van der Waals surface area (Å²) in [5, 5.41) is 0. The van der Waals surface area contributed by atoms with Gasteiger partial charge >= 0.3 is 0 Å². The molecule has 3 rings (SSSR count). The zero-order chi connectivity index (χ0) is 13.9. The Balaban J connectivity index is 1.74. The molecule has 1 unspecified atom stereocenters. The normalized spacial score (nSPS) is 19.4. The van der Waals surface area contributed by atoms with Gasteiger partial charge in [0, 0.05) is 17.5 Å². The first-order valence-corrected chi connectivity index (χ1v) is 8.49. The smallest absolute Gasteiger partial charge is 0.118 e. The molecule has 1 aliphatic heterocycles. The van der Waals surface area contributed by atoms with Crippen molar-refractivity contribution in [2.45, 2.75) is 25.4 Å². The number of nitrogens with zero attached hydrogens (tertiary/aromatic N) is 1. The summed E-state index contributed by atoms with van der Waals surface area (Å²) in [7, 11) is 1.71. The van der Waals surface area contributed by atoms with Gasteiger partial charge in [-0.1, -0.05) is 12.1 Å². The highest BCUT2D eigenvalue weighted by Crippen LogP contribution is 2.35. The molecule has 0 aliphatic carbocycles. The van der Waals surface area contributed by atoms with Gasteiger partial charge in [-0.2, -0.15) is 0 Å². The van der Waals surface area contributed by atoms with Gasteiger partial charge in [-0.15, -0.1) is 11.3 Å². The predicted molar refractivity (Wildman–Crippen MR) is 87.4 cm³/mol. The minimum Gasteiger partial charge on any atom is -0.497 e. The molecule has 1 fully saturated rings. The molecule has 0 amide bonds. The Bertz CT molecular complexity index is 566. The van der Waals surface area contributed by atoms with Crippen LogP contribution in [0.15, 0.2) is 40.2 Å². The quantitative estimate of drug-likeness (QED) is 0.779. The van der Waals surface area contributed by atoms with E-state index in [0.717, 1.165) is 12.3 Å². The van der Waals surface area contributed by atoms with Crippen molar-refractivity contribution in [1.82, 2.24) is 4.90 Å². The maximum absolute atomic E-state index is 5.24. The summed E-state index contributed by atoms with van der Waals surface area (Å²) in [6.07, 6.45) is 2.53. The minimum atomic E-state index is 0.543. The lowest BCUT2D eigenvalue weighted by atomic mass is 10.0. The van der Waals surface area contributed by atoms with E-state index in [1.54, 1.807) is 7.11 Å². The molecule has 1 aromatic heterocycles. The summed E-state index contributed by atoms with van der Waals surface area (Å²) in [6, 6.07) is 13.4. The number of methoxy groups -OCH3 is 1. The van der Waals surface area contributed by atoms with Gasteiger partial charge in [-0.3, -0.25) is 4.90 Å². The van der Waals surface area contributed by atoms with Crippen LogP contribution in [0.1, 0.15) is 29.3 Å². The molecule has 2 aromatic rings. The van der Waals surface area contributed by atoms with Crippen molar-refractivity contribution >= 4 is 27.3 Å². The fourth-order valence-corrected chi connectivity index (χ4v) is 4.36. The molecule has 1 aliphatic rings. The van der Waals surface area contributed by atoms with Crippen LogP contribution in [0.5, 0.6) is 5.75 Å². The summed E-state index contributed by atoms with van der Waals surface area (Å²) < 4.78 is 6.46. The Morgan fingerprint density at radius 1 is 1.25 bits per heavy atom. The molecule has 0 spiro atoms. The second-order valence-electron chi connectivity index (χ2n) is 5.11. The van der Waals surface area contributed by atoms with E-state index in [-0.39, 0.29) is 0 Å². The zero-order valence-corrected chi connectivity index (χ0v) is 13.9. The molecule has 2 nitrogen and oxygen atoms in total. The molecular weight excluding hydrogens is 334 g/mol. The van der Waals surface area contributed by atoms with Crippen LogP contribution in [0.25, 0.3) is 0 Å². The standard InChI is InChI=1S/C16H18BrNOS/c1-19-13-6-4-12(5-7-13)15-3-2-10-18(15)11-14-8-9-16(17)20-14/h4-9,15H,2-3,10-11H2,1H3. The van der Waals surface area contributed by atoms with Crippen molar-refractivity contribution in [3.63, 3.8) is 0 Å². The number of likely N-dealkylation sites (tertiary alicyclic amines) is 1. The third-order valence-electron chi connectivity index (χ3n) is 3.85. The van der Waals surface area contributed by atoms with Crippen molar-refractivity contribution in [2.75, 3.05) is 13.7 Å². The number of rotatable bonds is 4. The summed E-state index contributed by atoms with van der Waals surface area (Å²) in [5.41, 5.74) is 1.40. The third kappa shape index (κ3) is 3.08. The van der Waals surface area contributed by atoms with E-state index in [2.05, 4.69) is 57.2 Å². The van der Waals surface area contributed by atoms with Crippen molar-refractivity contribution in [3.05, 3.63) is 50.6 Å². The zero-order valence-electron chi connectivity index (χ0n) is 11.5. The second kappa shape index (κ2) is 6.29. The van der Waals surface area contributed by atoms with Gasteiger partial charge in [-0.25, -0.2) is 0 Å². The lowest BCUT2D eigenvalue weighted by molar-refractivity contribution is 0.250. The molecule has 0 bridgehead atoms. The van der Waals surface area contributed by atoms with Crippen molar-refractivity contribution in [3.8, 4) is 5.75 Å². The molecule has 0 N–H and O–H groups in total. The highest BCUT2D eigenvalue weighted by Gasteiger charge is 2.26. The highest BCUT2D eigenvalue weighted by atomic mass is 79.9. The first kappa shape index (κ1) is 14.1. The van der Waals surface area contributed by atoms with Crippen LogP contribution in [0.3, 0.4) is 0 Å². The number of thiophene rings is 1. The number of halogens is 1. The third-order valence-corrected chi connectivity index (χ3v) is 5.46. The molecular formula is C16H18BrNOS. The Kier molecular flexibility index (Phi) is 4.44. The van der Waals surface area contributed by atoms with Crippen LogP contribution in [0.2, 0.25) is 0 Å². The SMILES string of the molecule is COc1ccc(C2CCCN2Cc2ccc(Br)s2)cc1. The van der Waals surface area contributed by atoms with E-state index in [9.17, 15) is 0 Å². The van der Waals surface area contributed by atoms with Gasteiger partial charge in [0.1, 0.15) is 5.75 Å². The van der Waals surface area contributed by atoms with E-state index in [1.807, 2.05) is 11.3 Å². The average Bonchev–Trinajstić information content (AvgIpc) is 3.09. The molecule has 4 heteroatoms. The summed E-state index contributed by atoms with van der Waals surface area (Å²) in [5.74, 6) is 0.931. The Hall–Kier alpha value is -0.840. The van der Waals surface area contributed by atoms with Gasteiger partial charge < -0.3 is 4.74 Å². The molecule has 1 atom stereocenters. The maximum Gasteiger partial charge on any atom is 0.118 e. The van der Waals surface area contributed by atoms with Crippen LogP contribution in [-0.4, -0.2) is 18.6 Å². The summed E-state index contributed by atoms with van der Waals surface area (Å²) in [4.78, 5) is 4.01. The number of hydrogen-bond donors (Lipinski definition) is 0. The van der Waals surface area contributed by atoms with Crippen LogP contribution in [0, 0.1) is 0 Å². The van der Waals surface area contributed by atoms with Crippen LogP contribution >= 0.6 is 27.3 Å². The van der Waals surface area contributed by atoms with E-state index in [4.69, 9.17) is 4.74 Å². The topological polar surface area (TPSA) is 12.5 Å². The van der Waals surface area contributed by atoms with Gasteiger partial charge in [0.15, 0.2) is 0 Å². The summed E-state index contributed by atoms with van der Waals surface area (Å²) in [6.45, 7) is 2.24. The first-order chi connectivity index (χ1) is 9.76. The number of benzene rings is 1. The predicted octanol–water partition coefficient (Wildman–Crippen LogP) is 4.86. The minimum absolute atomic E-state index is 0.543. The molecule has 2 heterocycles. The van der Waals surface area contributed by atoms with Crippen molar-refractivity contribution in [1.29, 1.82) is 0 Å². The van der Waals surface area contributed by atoms with Gasteiger partial charge in [0.2, 0.25) is 0 Å². The van der Waals surface area contributed by atoms with Crippen LogP contribution < -0.4 is 4.74 Å². The molecule has 20 heavy (non-hydrogen) atoms. The molecule has 0 radical (unpaired) electrons. The summed E-state index contributed by atoms with van der Waals surface area (Å²) >= 11 is 5.38. The first-order valence-electron chi connectivity index (χ1n) is 6.88. The Labute approximate surface area is 132 Å². The Morgan fingerprint density at radius 2 is 2.05 bits per heavy atom. The van der Waals surface area contributed by atoms with Crippen molar-refractivity contribution < 1.29 is 4.74 Å². The fraction of sp³-hybridized carbons (Fsp3) is 0.375. The maximum atomic E-state index is 5.24. The molecule has 1 saturated heterocycles. The van der Waals surface area contributed by atoms with Crippen LogP contribution in [0.4, 0.5) is 0 Å².